The Hall–Kier alpha value is -2.56. The third-order valence-corrected chi connectivity index (χ3v) is 3.88. The number of aliphatic imine (C=N–C) groups is 1. The Kier molecular flexibility index (Phi) is 6.14. The van der Waals surface area contributed by atoms with Crippen LogP contribution in [0.3, 0.4) is 0 Å². The average molecular weight is 412 g/mol. The lowest BCUT2D eigenvalue weighted by molar-refractivity contribution is -0.143. The quantitative estimate of drug-likeness (QED) is 0.351. The second kappa shape index (κ2) is 7.99. The number of alkyl halides is 3. The van der Waals surface area contributed by atoms with Crippen LogP contribution in [0.1, 0.15) is 6.42 Å². The number of amides is 3. The minimum absolute atomic E-state index is 0.0528. The van der Waals surface area contributed by atoms with E-state index in [1.54, 1.807) is 0 Å². The molecule has 27 heavy (non-hydrogen) atoms. The molecule has 1 atom stereocenters. The van der Waals surface area contributed by atoms with E-state index < -0.39 is 52.7 Å². The van der Waals surface area contributed by atoms with E-state index in [-0.39, 0.29) is 25.2 Å². The van der Waals surface area contributed by atoms with Crippen molar-refractivity contribution in [3.05, 3.63) is 28.8 Å². The molecule has 1 aliphatic heterocycles. The summed E-state index contributed by atoms with van der Waals surface area (Å²) in [5.41, 5.74) is -0.112. The molecule has 0 spiro atoms. The second-order valence-corrected chi connectivity index (χ2v) is 5.99. The van der Waals surface area contributed by atoms with Crippen molar-refractivity contribution in [1.29, 1.82) is 0 Å². The molecule has 0 aromatic heterocycles. The molecule has 3 amide bonds. The van der Waals surface area contributed by atoms with E-state index in [1.165, 1.54) is 0 Å². The van der Waals surface area contributed by atoms with Gasteiger partial charge < -0.3 is 10.2 Å². The van der Waals surface area contributed by atoms with E-state index in [0.717, 1.165) is 11.0 Å². The molecule has 1 fully saturated rings. The Balaban J connectivity index is 1.97. The lowest BCUT2D eigenvalue weighted by Gasteiger charge is -2.14. The van der Waals surface area contributed by atoms with Crippen molar-refractivity contribution in [3.63, 3.8) is 0 Å². The predicted molar refractivity (Wildman–Crippen MR) is 84.2 cm³/mol. The van der Waals surface area contributed by atoms with E-state index in [1.807, 2.05) is 0 Å². The molecule has 0 bridgehead atoms. The number of halogens is 6. The van der Waals surface area contributed by atoms with Crippen LogP contribution in [-0.4, -0.2) is 48.1 Å². The number of rotatable bonds is 2. The molecule has 1 aliphatic rings. The van der Waals surface area contributed by atoms with E-state index in [4.69, 9.17) is 11.6 Å². The second-order valence-electron chi connectivity index (χ2n) is 5.58. The molecule has 146 valence electrons. The lowest BCUT2D eigenvalue weighted by Crippen LogP contribution is -2.35. The van der Waals surface area contributed by atoms with Crippen LogP contribution in [0.5, 0.6) is 0 Å². The number of nitrogens with zero attached hydrogens (tertiary/aromatic N) is 2. The van der Waals surface area contributed by atoms with Gasteiger partial charge in [-0.05, 0) is 12.5 Å². The summed E-state index contributed by atoms with van der Waals surface area (Å²) < 4.78 is 62.3. The van der Waals surface area contributed by atoms with Crippen LogP contribution in [0, 0.1) is 17.6 Å². The number of carbonyl (C=O) groups excluding carboxylic acids is 3. The molecule has 1 heterocycles. The molecule has 1 saturated heterocycles. The zero-order valence-corrected chi connectivity index (χ0v) is 14.1. The summed E-state index contributed by atoms with van der Waals surface area (Å²) in [7, 11) is 0. The van der Waals surface area contributed by atoms with Gasteiger partial charge in [-0.3, -0.25) is 14.4 Å². The Morgan fingerprint density at radius 1 is 1.26 bits per heavy atom. The number of carbonyl (C=O) groups is 3. The summed E-state index contributed by atoms with van der Waals surface area (Å²) in [4.78, 5) is 38.7. The predicted octanol–water partition coefficient (Wildman–Crippen LogP) is 2.56. The Morgan fingerprint density at radius 2 is 1.93 bits per heavy atom. The van der Waals surface area contributed by atoms with Gasteiger partial charge in [-0.25, -0.2) is 13.8 Å². The highest BCUT2D eigenvalue weighted by Gasteiger charge is 2.34. The number of nitrogens with one attached hydrogen (secondary N) is 1. The van der Waals surface area contributed by atoms with Crippen molar-refractivity contribution >= 4 is 41.2 Å². The number of likely N-dealkylation sites (tertiary alicyclic amines) is 1. The highest BCUT2D eigenvalue weighted by atomic mass is 35.5. The van der Waals surface area contributed by atoms with Crippen LogP contribution in [-0.2, 0) is 14.4 Å². The van der Waals surface area contributed by atoms with Crippen molar-refractivity contribution in [2.24, 2.45) is 10.9 Å². The van der Waals surface area contributed by atoms with Crippen LogP contribution in [0.25, 0.3) is 0 Å². The molecular weight excluding hydrogens is 401 g/mol. The van der Waals surface area contributed by atoms with Crippen molar-refractivity contribution in [2.75, 3.05) is 18.4 Å². The normalized spacial score (nSPS) is 17.4. The van der Waals surface area contributed by atoms with Crippen LogP contribution >= 0.6 is 11.6 Å². The third kappa shape index (κ3) is 5.46. The first-order chi connectivity index (χ1) is 12.5. The van der Waals surface area contributed by atoms with E-state index in [2.05, 4.69) is 10.3 Å². The van der Waals surface area contributed by atoms with Crippen LogP contribution in [0.15, 0.2) is 17.1 Å². The zero-order valence-electron chi connectivity index (χ0n) is 13.3. The number of anilines is 1. The van der Waals surface area contributed by atoms with Gasteiger partial charge >= 0.3 is 18.0 Å². The van der Waals surface area contributed by atoms with Gasteiger partial charge in [0.1, 0.15) is 6.21 Å². The highest BCUT2D eigenvalue weighted by Crippen LogP contribution is 2.24. The molecular formula is C15H11ClF5N3O3. The number of benzene rings is 1. The van der Waals surface area contributed by atoms with Gasteiger partial charge in [0.15, 0.2) is 11.6 Å². The molecule has 1 N–H and O–H groups in total. The molecule has 0 aliphatic carbocycles. The van der Waals surface area contributed by atoms with Crippen LogP contribution in [0.4, 0.5) is 27.6 Å². The third-order valence-electron chi connectivity index (χ3n) is 3.61. The summed E-state index contributed by atoms with van der Waals surface area (Å²) in [6.07, 6.45) is -5.32. The summed E-state index contributed by atoms with van der Waals surface area (Å²) in [6, 6.07) is 1.71. The Morgan fingerprint density at radius 3 is 2.52 bits per heavy atom. The van der Waals surface area contributed by atoms with Crippen molar-refractivity contribution in [1.82, 2.24) is 4.90 Å². The van der Waals surface area contributed by atoms with Gasteiger partial charge in [0.25, 0.3) is 0 Å². The van der Waals surface area contributed by atoms with Crippen LogP contribution < -0.4 is 5.32 Å². The van der Waals surface area contributed by atoms with E-state index >= 15 is 0 Å². The Labute approximate surface area is 154 Å². The fourth-order valence-corrected chi connectivity index (χ4v) is 2.56. The first-order valence-corrected chi connectivity index (χ1v) is 7.76. The molecule has 12 heteroatoms. The highest BCUT2D eigenvalue weighted by molar-refractivity contribution is 6.36. The fourth-order valence-electron chi connectivity index (χ4n) is 2.35. The first-order valence-electron chi connectivity index (χ1n) is 7.38. The fraction of sp³-hybridized carbons (Fsp3) is 0.333. The summed E-state index contributed by atoms with van der Waals surface area (Å²) in [6.45, 7) is -0.294. The maximum atomic E-state index is 13.3. The molecule has 1 aromatic rings. The minimum atomic E-state index is -4.84. The van der Waals surface area contributed by atoms with Crippen molar-refractivity contribution in [2.45, 2.75) is 12.6 Å². The van der Waals surface area contributed by atoms with Crippen molar-refractivity contribution in [3.8, 4) is 0 Å². The van der Waals surface area contributed by atoms with Gasteiger partial charge in [0.05, 0.1) is 10.9 Å². The molecule has 0 radical (unpaired) electrons. The van der Waals surface area contributed by atoms with Gasteiger partial charge in [-0.2, -0.15) is 13.2 Å². The summed E-state index contributed by atoms with van der Waals surface area (Å²) >= 11 is 5.47. The van der Waals surface area contributed by atoms with Gasteiger partial charge in [-0.15, -0.1) is 0 Å². The largest absolute Gasteiger partial charge is 0.426 e. The van der Waals surface area contributed by atoms with E-state index in [9.17, 15) is 36.3 Å². The molecule has 6 nitrogen and oxygen atoms in total. The molecule has 0 saturated carbocycles. The summed E-state index contributed by atoms with van der Waals surface area (Å²) in [5.74, 6) is -6.89. The first kappa shape index (κ1) is 20.7. The standard InChI is InChI=1S/C15H11ClF5N3O3/c16-9-3-8(4-10(17)11(9)18)23-12(25)7-1-2-24(5-7)14(27)13(26)22-6-15(19,20)21/h3-4,6-7H,1-2,5H2,(H,23,25)/t7-/m0/s1. The molecule has 1 aromatic carbocycles. The lowest BCUT2D eigenvalue weighted by atomic mass is 10.1. The average Bonchev–Trinajstić information content (AvgIpc) is 3.06. The SMILES string of the molecule is O=C(N=CC(F)(F)F)C(=O)N1CC[C@H](C(=O)Nc2cc(F)c(F)c(Cl)c2)C1. The maximum absolute atomic E-state index is 13.3. The zero-order chi connectivity index (χ0) is 20.4. The molecule has 0 unspecified atom stereocenters. The number of hydrogen-bond donors (Lipinski definition) is 1. The monoisotopic (exact) mass is 411 g/mol. The topological polar surface area (TPSA) is 78.8 Å². The number of hydrogen-bond acceptors (Lipinski definition) is 3. The van der Waals surface area contributed by atoms with Crippen LogP contribution in [0.2, 0.25) is 5.02 Å². The molecule has 2 rings (SSSR count). The van der Waals surface area contributed by atoms with Crippen molar-refractivity contribution < 1.29 is 36.3 Å². The smallest absolute Gasteiger partial charge is 0.334 e. The van der Waals surface area contributed by atoms with E-state index in [0.29, 0.717) is 6.07 Å². The minimum Gasteiger partial charge on any atom is -0.334 e. The Bertz CT molecular complexity index is 789. The maximum Gasteiger partial charge on any atom is 0.426 e. The van der Waals surface area contributed by atoms with Gasteiger partial charge in [-0.1, -0.05) is 11.6 Å². The van der Waals surface area contributed by atoms with Gasteiger partial charge in [0, 0.05) is 24.8 Å². The summed E-state index contributed by atoms with van der Waals surface area (Å²) in [5, 5.41) is 1.76. The van der Waals surface area contributed by atoms with Gasteiger partial charge in [0.2, 0.25) is 5.91 Å².